The van der Waals surface area contributed by atoms with Crippen molar-refractivity contribution in [3.8, 4) is 0 Å². The summed E-state index contributed by atoms with van der Waals surface area (Å²) >= 11 is 0. The largest absolute Gasteiger partial charge is 0.333 e. The minimum Gasteiger partial charge on any atom is -0.333 e. The van der Waals surface area contributed by atoms with Gasteiger partial charge in [0.15, 0.2) is 0 Å². The van der Waals surface area contributed by atoms with Crippen molar-refractivity contribution in [3.63, 3.8) is 0 Å². The summed E-state index contributed by atoms with van der Waals surface area (Å²) in [5.41, 5.74) is 0.420. The van der Waals surface area contributed by atoms with E-state index < -0.39 is 11.6 Å². The number of halogens is 3. The van der Waals surface area contributed by atoms with E-state index in [2.05, 4.69) is 5.32 Å². The fourth-order valence-electron chi connectivity index (χ4n) is 2.97. The average Bonchev–Trinajstić information content (AvgIpc) is 2.58. The molecule has 0 bridgehead atoms. The van der Waals surface area contributed by atoms with Crippen LogP contribution in [0.5, 0.6) is 0 Å². The summed E-state index contributed by atoms with van der Waals surface area (Å²) < 4.78 is 41.0. The topological polar surface area (TPSA) is 32.3 Å². The number of rotatable bonds is 3. The lowest BCUT2D eigenvalue weighted by Crippen LogP contribution is -2.49. The van der Waals surface area contributed by atoms with Gasteiger partial charge in [-0.05, 0) is 29.8 Å². The lowest BCUT2D eigenvalue weighted by Gasteiger charge is -2.36. The zero-order valence-electron chi connectivity index (χ0n) is 12.9. The summed E-state index contributed by atoms with van der Waals surface area (Å²) in [6.45, 7) is 1.45. The predicted octanol–water partition coefficient (Wildman–Crippen LogP) is 2.82. The van der Waals surface area contributed by atoms with Crippen molar-refractivity contribution in [1.82, 2.24) is 10.2 Å². The van der Waals surface area contributed by atoms with Gasteiger partial charge in [0.05, 0.1) is 12.5 Å². The molecule has 126 valence electrons. The van der Waals surface area contributed by atoms with Crippen LogP contribution in [0.25, 0.3) is 0 Å². The van der Waals surface area contributed by atoms with Gasteiger partial charge in [-0.3, -0.25) is 4.79 Å². The Labute approximate surface area is 138 Å². The highest BCUT2D eigenvalue weighted by Crippen LogP contribution is 2.24. The zero-order chi connectivity index (χ0) is 17.1. The second kappa shape index (κ2) is 7.05. The summed E-state index contributed by atoms with van der Waals surface area (Å²) in [5.74, 6) is -2.23. The zero-order valence-corrected chi connectivity index (χ0v) is 12.9. The third-order valence-corrected chi connectivity index (χ3v) is 4.19. The van der Waals surface area contributed by atoms with Crippen LogP contribution in [-0.2, 0) is 11.2 Å². The van der Waals surface area contributed by atoms with Crippen LogP contribution >= 0.6 is 0 Å². The summed E-state index contributed by atoms with van der Waals surface area (Å²) in [4.78, 5) is 14.2. The molecule has 1 fully saturated rings. The van der Waals surface area contributed by atoms with Crippen LogP contribution in [0.4, 0.5) is 13.2 Å². The van der Waals surface area contributed by atoms with E-state index in [9.17, 15) is 18.0 Å². The summed E-state index contributed by atoms with van der Waals surface area (Å²) in [6, 6.07) is 9.20. The predicted molar refractivity (Wildman–Crippen MR) is 83.8 cm³/mol. The number of amides is 1. The molecular weight excluding hydrogens is 317 g/mol. The number of carbonyl (C=O) groups excluding carboxylic acids is 1. The Morgan fingerprint density at radius 1 is 1.12 bits per heavy atom. The van der Waals surface area contributed by atoms with Crippen LogP contribution in [0.1, 0.15) is 17.2 Å². The standard InChI is InChI=1S/C18H17F3N2O/c19-13-4-1-3-12(9-13)17-11-22-7-8-23(17)18(24)10-14-15(20)5-2-6-16(14)21/h1-6,9,17,22H,7-8,10-11H2. The highest BCUT2D eigenvalue weighted by molar-refractivity contribution is 5.79. The first kappa shape index (κ1) is 16.5. The first-order valence-electron chi connectivity index (χ1n) is 7.75. The number of hydrogen-bond donors (Lipinski definition) is 1. The molecule has 24 heavy (non-hydrogen) atoms. The third kappa shape index (κ3) is 3.43. The van der Waals surface area contributed by atoms with E-state index in [1.54, 1.807) is 17.0 Å². The molecule has 0 aromatic heterocycles. The third-order valence-electron chi connectivity index (χ3n) is 4.19. The number of hydrogen-bond acceptors (Lipinski definition) is 2. The van der Waals surface area contributed by atoms with Gasteiger partial charge in [-0.1, -0.05) is 18.2 Å². The maximum absolute atomic E-state index is 13.8. The van der Waals surface area contributed by atoms with Crippen molar-refractivity contribution in [2.24, 2.45) is 0 Å². The molecular formula is C18H17F3N2O. The molecule has 1 saturated heterocycles. The molecule has 0 saturated carbocycles. The number of piperazine rings is 1. The second-order valence-corrected chi connectivity index (χ2v) is 5.74. The van der Waals surface area contributed by atoms with Crippen LogP contribution in [0, 0.1) is 17.5 Å². The van der Waals surface area contributed by atoms with E-state index in [1.165, 1.54) is 18.2 Å². The van der Waals surface area contributed by atoms with Gasteiger partial charge in [0, 0.05) is 25.2 Å². The van der Waals surface area contributed by atoms with Crippen molar-refractivity contribution in [2.45, 2.75) is 12.5 Å². The van der Waals surface area contributed by atoms with Crippen molar-refractivity contribution in [1.29, 1.82) is 0 Å². The second-order valence-electron chi connectivity index (χ2n) is 5.74. The molecule has 2 aromatic carbocycles. The summed E-state index contributed by atoms with van der Waals surface area (Å²) in [7, 11) is 0. The highest BCUT2D eigenvalue weighted by atomic mass is 19.1. The van der Waals surface area contributed by atoms with Crippen molar-refractivity contribution < 1.29 is 18.0 Å². The van der Waals surface area contributed by atoms with Crippen LogP contribution in [-0.4, -0.2) is 30.4 Å². The average molecular weight is 334 g/mol. The van der Waals surface area contributed by atoms with Gasteiger partial charge in [-0.15, -0.1) is 0 Å². The van der Waals surface area contributed by atoms with E-state index in [0.29, 0.717) is 25.2 Å². The quantitative estimate of drug-likeness (QED) is 0.936. The van der Waals surface area contributed by atoms with Crippen molar-refractivity contribution in [3.05, 3.63) is 71.0 Å². The smallest absolute Gasteiger partial charge is 0.227 e. The van der Waals surface area contributed by atoms with E-state index in [-0.39, 0.29) is 29.8 Å². The first-order chi connectivity index (χ1) is 11.6. The fraction of sp³-hybridized carbons (Fsp3) is 0.278. The maximum atomic E-state index is 13.8. The summed E-state index contributed by atoms with van der Waals surface area (Å²) in [6.07, 6.45) is -0.357. The highest BCUT2D eigenvalue weighted by Gasteiger charge is 2.29. The molecule has 1 unspecified atom stereocenters. The van der Waals surface area contributed by atoms with Gasteiger partial charge in [-0.2, -0.15) is 0 Å². The fourth-order valence-corrected chi connectivity index (χ4v) is 2.97. The Balaban J connectivity index is 1.84. The number of nitrogens with zero attached hydrogens (tertiary/aromatic N) is 1. The minimum absolute atomic E-state index is 0.237. The molecule has 0 aliphatic carbocycles. The molecule has 0 radical (unpaired) electrons. The molecule has 1 amide bonds. The number of benzene rings is 2. The van der Waals surface area contributed by atoms with Gasteiger partial charge >= 0.3 is 0 Å². The monoisotopic (exact) mass is 334 g/mol. The van der Waals surface area contributed by atoms with Gasteiger partial charge < -0.3 is 10.2 Å². The minimum atomic E-state index is -0.735. The lowest BCUT2D eigenvalue weighted by atomic mass is 10.0. The molecule has 2 aromatic rings. The maximum Gasteiger partial charge on any atom is 0.227 e. The molecule has 1 aliphatic rings. The van der Waals surface area contributed by atoms with Crippen molar-refractivity contribution in [2.75, 3.05) is 19.6 Å². The molecule has 1 heterocycles. The van der Waals surface area contributed by atoms with E-state index in [0.717, 1.165) is 12.1 Å². The van der Waals surface area contributed by atoms with Crippen LogP contribution in [0.2, 0.25) is 0 Å². The number of carbonyl (C=O) groups is 1. The van der Waals surface area contributed by atoms with Gasteiger partial charge in [0.1, 0.15) is 17.5 Å². The van der Waals surface area contributed by atoms with Crippen LogP contribution < -0.4 is 5.32 Å². The molecule has 6 heteroatoms. The number of nitrogens with one attached hydrogen (secondary N) is 1. The SMILES string of the molecule is O=C(Cc1c(F)cccc1F)N1CCNCC1c1cccc(F)c1. The molecule has 1 N–H and O–H groups in total. The van der Waals surface area contributed by atoms with E-state index >= 15 is 0 Å². The molecule has 1 aliphatic heterocycles. The normalized spacial score (nSPS) is 17.8. The molecule has 3 nitrogen and oxygen atoms in total. The van der Waals surface area contributed by atoms with E-state index in [4.69, 9.17) is 0 Å². The van der Waals surface area contributed by atoms with E-state index in [1.807, 2.05) is 0 Å². The van der Waals surface area contributed by atoms with Gasteiger partial charge in [-0.25, -0.2) is 13.2 Å². The molecule has 0 spiro atoms. The molecule has 3 rings (SSSR count). The first-order valence-corrected chi connectivity index (χ1v) is 7.75. The van der Waals surface area contributed by atoms with Gasteiger partial charge in [0.2, 0.25) is 5.91 Å². The Kier molecular flexibility index (Phi) is 4.85. The Hall–Kier alpha value is -2.34. The van der Waals surface area contributed by atoms with Crippen LogP contribution in [0.3, 0.4) is 0 Å². The Bertz CT molecular complexity index is 731. The van der Waals surface area contributed by atoms with Gasteiger partial charge in [0.25, 0.3) is 0 Å². The lowest BCUT2D eigenvalue weighted by molar-refractivity contribution is -0.133. The van der Waals surface area contributed by atoms with Crippen molar-refractivity contribution >= 4 is 5.91 Å². The van der Waals surface area contributed by atoms with Crippen LogP contribution in [0.15, 0.2) is 42.5 Å². The Morgan fingerprint density at radius 3 is 2.54 bits per heavy atom. The Morgan fingerprint density at radius 2 is 1.83 bits per heavy atom. The summed E-state index contributed by atoms with van der Waals surface area (Å²) in [5, 5.41) is 3.16. The molecule has 1 atom stereocenters.